The summed E-state index contributed by atoms with van der Waals surface area (Å²) < 4.78 is 33.2. The van der Waals surface area contributed by atoms with Gasteiger partial charge in [0.25, 0.3) is 0 Å². The van der Waals surface area contributed by atoms with Crippen LogP contribution >= 0.6 is 11.6 Å². The Morgan fingerprint density at radius 3 is 2.67 bits per heavy atom. The largest absolute Gasteiger partial charge is 0.466 e. The third-order valence-electron chi connectivity index (χ3n) is 5.38. The lowest BCUT2D eigenvalue weighted by Crippen LogP contribution is -2.45. The molecule has 2 aliphatic heterocycles. The summed E-state index contributed by atoms with van der Waals surface area (Å²) in [5.74, 6) is -0.279. The van der Waals surface area contributed by atoms with Crippen LogP contribution in [0.2, 0.25) is 5.02 Å². The molecule has 0 N–H and O–H groups in total. The van der Waals surface area contributed by atoms with Crippen LogP contribution in [0.25, 0.3) is 0 Å². The molecule has 0 aromatic heterocycles. The van der Waals surface area contributed by atoms with Gasteiger partial charge in [0, 0.05) is 12.1 Å². The van der Waals surface area contributed by atoms with Gasteiger partial charge in [0.15, 0.2) is 0 Å². The molecule has 2 saturated heterocycles. The molecule has 0 amide bonds. The topological polar surface area (TPSA) is 63.7 Å². The van der Waals surface area contributed by atoms with Crippen molar-refractivity contribution in [3.05, 3.63) is 29.3 Å². The zero-order chi connectivity index (χ0) is 17.5. The number of fused-ring (bicyclic) bond motifs is 2. The highest BCUT2D eigenvalue weighted by atomic mass is 35.5. The van der Waals surface area contributed by atoms with Crippen molar-refractivity contribution in [3.8, 4) is 0 Å². The molecule has 2 aliphatic rings. The van der Waals surface area contributed by atoms with Crippen LogP contribution in [-0.4, -0.2) is 37.4 Å². The quantitative estimate of drug-likeness (QED) is 0.745. The van der Waals surface area contributed by atoms with Crippen molar-refractivity contribution in [3.63, 3.8) is 0 Å². The molecule has 0 unspecified atom stereocenters. The van der Waals surface area contributed by atoms with Crippen molar-refractivity contribution in [2.24, 2.45) is 5.41 Å². The lowest BCUT2D eigenvalue weighted by atomic mass is 9.72. The molecule has 1 aromatic carbocycles. The van der Waals surface area contributed by atoms with Gasteiger partial charge in [0.1, 0.15) is 4.90 Å². The van der Waals surface area contributed by atoms with Crippen molar-refractivity contribution in [1.29, 1.82) is 0 Å². The fraction of sp³-hybridized carbons (Fsp3) is 0.588. The number of ether oxygens (including phenoxy) is 1. The van der Waals surface area contributed by atoms with Gasteiger partial charge in [-0.05, 0) is 44.7 Å². The lowest BCUT2D eigenvalue weighted by molar-refractivity contribution is -0.157. The van der Waals surface area contributed by atoms with Crippen LogP contribution < -0.4 is 0 Å². The number of nitrogens with zero attached hydrogens (tertiary/aromatic N) is 1. The molecule has 0 spiro atoms. The highest BCUT2D eigenvalue weighted by Crippen LogP contribution is 2.54. The first kappa shape index (κ1) is 17.7. The summed E-state index contributed by atoms with van der Waals surface area (Å²) in [6.45, 7) is 4.00. The third kappa shape index (κ3) is 2.47. The highest BCUT2D eigenvalue weighted by molar-refractivity contribution is 7.89. The maximum Gasteiger partial charge on any atom is 0.313 e. The summed E-state index contributed by atoms with van der Waals surface area (Å²) in [5.41, 5.74) is -0.743. The van der Waals surface area contributed by atoms with Crippen LogP contribution in [-0.2, 0) is 19.6 Å². The van der Waals surface area contributed by atoms with E-state index in [0.29, 0.717) is 25.9 Å². The van der Waals surface area contributed by atoms with E-state index in [2.05, 4.69) is 0 Å². The Labute approximate surface area is 148 Å². The van der Waals surface area contributed by atoms with Crippen molar-refractivity contribution in [2.45, 2.75) is 56.5 Å². The van der Waals surface area contributed by atoms with Crippen LogP contribution in [0.1, 0.15) is 39.5 Å². The van der Waals surface area contributed by atoms with Gasteiger partial charge in [0.2, 0.25) is 10.0 Å². The zero-order valence-corrected chi connectivity index (χ0v) is 15.4. The SMILES string of the molecule is CCOC(=O)[C@@]1(CC)C[C@H]2CC[C@@H]1N2S(=O)(=O)c1ccccc1Cl. The van der Waals surface area contributed by atoms with Gasteiger partial charge in [-0.15, -0.1) is 0 Å². The molecule has 5 nitrogen and oxygen atoms in total. The van der Waals surface area contributed by atoms with Crippen molar-refractivity contribution < 1.29 is 17.9 Å². The van der Waals surface area contributed by atoms with E-state index >= 15 is 0 Å². The Morgan fingerprint density at radius 1 is 1.33 bits per heavy atom. The minimum atomic E-state index is -3.74. The molecule has 0 aliphatic carbocycles. The lowest BCUT2D eigenvalue weighted by Gasteiger charge is -2.34. The van der Waals surface area contributed by atoms with Crippen molar-refractivity contribution in [1.82, 2.24) is 4.31 Å². The standard InChI is InChI=1S/C17H22ClNO4S/c1-3-17(16(20)23-4-2)11-12-9-10-15(17)19(12)24(21,22)14-8-6-5-7-13(14)18/h5-8,12,15H,3-4,9-11H2,1-2H3/t12-,15+,17+/m1/s1. The van der Waals surface area contributed by atoms with Crippen LogP contribution in [0.5, 0.6) is 0 Å². The van der Waals surface area contributed by atoms with Crippen LogP contribution in [0, 0.1) is 5.41 Å². The number of sulfonamides is 1. The predicted molar refractivity (Wildman–Crippen MR) is 91.3 cm³/mol. The summed E-state index contributed by atoms with van der Waals surface area (Å²) in [6.07, 6.45) is 2.55. The molecule has 0 saturated carbocycles. The molecule has 1 aromatic rings. The summed E-state index contributed by atoms with van der Waals surface area (Å²) in [6, 6.07) is 5.94. The Bertz CT molecular complexity index is 751. The smallest absolute Gasteiger partial charge is 0.313 e. The minimum Gasteiger partial charge on any atom is -0.466 e. The van der Waals surface area contributed by atoms with E-state index in [-0.39, 0.29) is 28.0 Å². The summed E-state index contributed by atoms with van der Waals surface area (Å²) in [5, 5.41) is 0.210. The highest BCUT2D eigenvalue weighted by Gasteiger charge is 2.63. The fourth-order valence-electron chi connectivity index (χ4n) is 4.28. The summed E-state index contributed by atoms with van der Waals surface area (Å²) in [7, 11) is -3.74. The van der Waals surface area contributed by atoms with Crippen LogP contribution in [0.15, 0.2) is 29.2 Å². The molecule has 2 fully saturated rings. The van der Waals surface area contributed by atoms with E-state index in [0.717, 1.165) is 6.42 Å². The minimum absolute atomic E-state index is 0.110. The van der Waals surface area contributed by atoms with E-state index in [1.54, 1.807) is 25.1 Å². The number of esters is 1. The first-order valence-electron chi connectivity index (χ1n) is 8.33. The van der Waals surface area contributed by atoms with Gasteiger partial charge >= 0.3 is 5.97 Å². The molecule has 3 atom stereocenters. The van der Waals surface area contributed by atoms with E-state index in [4.69, 9.17) is 16.3 Å². The van der Waals surface area contributed by atoms with E-state index < -0.39 is 15.4 Å². The maximum atomic E-state index is 13.2. The number of carbonyl (C=O) groups is 1. The summed E-state index contributed by atoms with van der Waals surface area (Å²) in [4.78, 5) is 12.7. The van der Waals surface area contributed by atoms with Crippen LogP contribution in [0.4, 0.5) is 0 Å². The second kappa shape index (κ2) is 6.32. The Balaban J connectivity index is 2.02. The van der Waals surface area contributed by atoms with Crippen molar-refractivity contribution >= 4 is 27.6 Å². The van der Waals surface area contributed by atoms with E-state index in [1.165, 1.54) is 10.4 Å². The monoisotopic (exact) mass is 371 g/mol. The number of carbonyl (C=O) groups excluding carboxylic acids is 1. The molecule has 0 radical (unpaired) electrons. The second-order valence-electron chi connectivity index (χ2n) is 6.45. The molecule has 132 valence electrons. The zero-order valence-electron chi connectivity index (χ0n) is 13.9. The van der Waals surface area contributed by atoms with Gasteiger partial charge in [-0.25, -0.2) is 8.42 Å². The van der Waals surface area contributed by atoms with E-state index in [1.807, 2.05) is 6.92 Å². The number of rotatable bonds is 5. The number of halogens is 1. The first-order chi connectivity index (χ1) is 11.4. The maximum absolute atomic E-state index is 13.2. The van der Waals surface area contributed by atoms with Gasteiger partial charge in [-0.2, -0.15) is 4.31 Å². The van der Waals surface area contributed by atoms with Gasteiger partial charge in [0.05, 0.1) is 17.0 Å². The van der Waals surface area contributed by atoms with Gasteiger partial charge in [-0.3, -0.25) is 4.79 Å². The van der Waals surface area contributed by atoms with Gasteiger partial charge < -0.3 is 4.74 Å². The third-order valence-corrected chi connectivity index (χ3v) is 7.84. The van der Waals surface area contributed by atoms with Crippen LogP contribution in [0.3, 0.4) is 0 Å². The Morgan fingerprint density at radius 2 is 2.04 bits per heavy atom. The molecule has 2 heterocycles. The second-order valence-corrected chi connectivity index (χ2v) is 8.67. The Kier molecular flexibility index (Phi) is 4.66. The molecular formula is C17H22ClNO4S. The molecule has 3 rings (SSSR count). The Hall–Kier alpha value is -1.11. The number of hydrogen-bond acceptors (Lipinski definition) is 4. The molecular weight excluding hydrogens is 350 g/mol. The average molecular weight is 372 g/mol. The number of benzene rings is 1. The predicted octanol–water partition coefficient (Wildman–Crippen LogP) is 3.22. The van der Waals surface area contributed by atoms with Crippen molar-refractivity contribution in [2.75, 3.05) is 6.61 Å². The fourth-order valence-corrected chi connectivity index (χ4v) is 6.71. The first-order valence-corrected chi connectivity index (χ1v) is 10.2. The average Bonchev–Trinajstić information content (AvgIpc) is 3.12. The van der Waals surface area contributed by atoms with Gasteiger partial charge in [-0.1, -0.05) is 30.7 Å². The number of hydrogen-bond donors (Lipinski definition) is 0. The summed E-state index contributed by atoms with van der Waals surface area (Å²) >= 11 is 6.12. The molecule has 2 bridgehead atoms. The normalized spacial score (nSPS) is 29.8. The van der Waals surface area contributed by atoms with E-state index in [9.17, 15) is 13.2 Å². The molecule has 24 heavy (non-hydrogen) atoms. The molecule has 7 heteroatoms.